The van der Waals surface area contributed by atoms with E-state index in [-0.39, 0.29) is 6.61 Å². The monoisotopic (exact) mass is 204 g/mol. The number of hydrogen-bond donors (Lipinski definition) is 1. The van der Waals surface area contributed by atoms with E-state index >= 15 is 0 Å². The first-order chi connectivity index (χ1) is 7.38. The molecule has 0 aliphatic carbocycles. The maximum atomic E-state index is 9.01. The molecule has 0 aromatic heterocycles. The lowest BCUT2D eigenvalue weighted by molar-refractivity contribution is 0.305. The summed E-state index contributed by atoms with van der Waals surface area (Å²) in [7, 11) is 0. The number of benzene rings is 1. The van der Waals surface area contributed by atoms with Crippen LogP contribution in [0.2, 0.25) is 0 Å². The summed E-state index contributed by atoms with van der Waals surface area (Å²) < 4.78 is 0. The summed E-state index contributed by atoms with van der Waals surface area (Å²) in [5.41, 5.74) is 2.51. The second-order valence-corrected chi connectivity index (χ2v) is 3.71. The average Bonchev–Trinajstić information content (AvgIpc) is 2.29. The molecular formula is C14H20O. The third-order valence-corrected chi connectivity index (χ3v) is 2.47. The predicted octanol–water partition coefficient (Wildman–Crippen LogP) is 3.64. The number of unbranched alkanes of at least 4 members (excludes halogenated alkanes) is 2. The van der Waals surface area contributed by atoms with Crippen LogP contribution in [0.4, 0.5) is 0 Å². The molecule has 1 aromatic carbocycles. The first-order valence-electron chi connectivity index (χ1n) is 5.73. The highest BCUT2D eigenvalue weighted by Gasteiger charge is 1.99. The Morgan fingerprint density at radius 3 is 2.60 bits per heavy atom. The molecule has 15 heavy (non-hydrogen) atoms. The molecule has 1 aromatic rings. The maximum absolute atomic E-state index is 9.01. The van der Waals surface area contributed by atoms with Crippen LogP contribution in [-0.2, 0) is 0 Å². The highest BCUT2D eigenvalue weighted by Crippen LogP contribution is 2.18. The van der Waals surface area contributed by atoms with Crippen LogP contribution in [0.5, 0.6) is 0 Å². The molecule has 0 heterocycles. The third kappa shape index (κ3) is 4.30. The van der Waals surface area contributed by atoms with E-state index in [1.165, 1.54) is 24.0 Å². The largest absolute Gasteiger partial charge is 0.396 e. The van der Waals surface area contributed by atoms with Gasteiger partial charge in [-0.05, 0) is 24.0 Å². The first-order valence-corrected chi connectivity index (χ1v) is 5.73. The van der Waals surface area contributed by atoms with Crippen LogP contribution in [0.3, 0.4) is 0 Å². The molecule has 0 radical (unpaired) electrons. The average molecular weight is 204 g/mol. The normalized spacial score (nSPS) is 11.7. The zero-order valence-electron chi connectivity index (χ0n) is 9.45. The Morgan fingerprint density at radius 2 is 2.00 bits per heavy atom. The van der Waals surface area contributed by atoms with Gasteiger partial charge in [-0.2, -0.15) is 0 Å². The Hall–Kier alpha value is -1.08. The van der Waals surface area contributed by atoms with Crippen LogP contribution in [0.1, 0.15) is 38.2 Å². The van der Waals surface area contributed by atoms with Crippen molar-refractivity contribution in [2.75, 3.05) is 6.61 Å². The van der Waals surface area contributed by atoms with Crippen molar-refractivity contribution < 1.29 is 5.11 Å². The van der Waals surface area contributed by atoms with E-state index in [2.05, 4.69) is 25.1 Å². The first kappa shape index (κ1) is 12.0. The van der Waals surface area contributed by atoms with Gasteiger partial charge in [0, 0.05) is 6.61 Å². The molecule has 1 N–H and O–H groups in total. The van der Waals surface area contributed by atoms with Crippen molar-refractivity contribution in [3.63, 3.8) is 0 Å². The van der Waals surface area contributed by atoms with Crippen LogP contribution >= 0.6 is 0 Å². The van der Waals surface area contributed by atoms with Gasteiger partial charge in [0.05, 0.1) is 0 Å². The molecule has 0 saturated heterocycles. The van der Waals surface area contributed by atoms with Crippen molar-refractivity contribution in [1.82, 2.24) is 0 Å². The number of hydrogen-bond acceptors (Lipinski definition) is 1. The third-order valence-electron chi connectivity index (χ3n) is 2.47. The van der Waals surface area contributed by atoms with Crippen molar-refractivity contribution in [3.05, 3.63) is 42.0 Å². The Labute approximate surface area is 92.5 Å². The Balaban J connectivity index is 2.69. The Kier molecular flexibility index (Phi) is 5.79. The zero-order chi connectivity index (χ0) is 10.9. The molecular weight excluding hydrogens is 184 g/mol. The summed E-state index contributed by atoms with van der Waals surface area (Å²) in [6.45, 7) is 2.43. The van der Waals surface area contributed by atoms with Crippen LogP contribution in [-0.4, -0.2) is 11.7 Å². The smallest absolute Gasteiger partial charge is 0.0471 e. The molecule has 1 nitrogen and oxygen atoms in total. The fraction of sp³-hybridized carbons (Fsp3) is 0.429. The minimum atomic E-state index is 0.229. The molecule has 0 aliphatic heterocycles. The summed E-state index contributed by atoms with van der Waals surface area (Å²) in [5.74, 6) is 0. The summed E-state index contributed by atoms with van der Waals surface area (Å²) in [5, 5.41) is 9.01. The quantitative estimate of drug-likeness (QED) is 0.701. The van der Waals surface area contributed by atoms with Crippen LogP contribution in [0.25, 0.3) is 5.57 Å². The molecule has 0 saturated carbocycles. The highest BCUT2D eigenvalue weighted by molar-refractivity contribution is 5.65. The SMILES string of the molecule is CCCC/C=C(\CCO)c1ccccc1. The van der Waals surface area contributed by atoms with Crippen molar-refractivity contribution >= 4 is 5.57 Å². The lowest BCUT2D eigenvalue weighted by atomic mass is 10.0. The summed E-state index contributed by atoms with van der Waals surface area (Å²) in [6.07, 6.45) is 6.57. The van der Waals surface area contributed by atoms with Gasteiger partial charge in [0.15, 0.2) is 0 Å². The molecule has 0 bridgehead atoms. The minimum Gasteiger partial charge on any atom is -0.396 e. The van der Waals surface area contributed by atoms with E-state index in [9.17, 15) is 0 Å². The van der Waals surface area contributed by atoms with Gasteiger partial charge in [-0.15, -0.1) is 0 Å². The summed E-state index contributed by atoms with van der Waals surface area (Å²) in [6, 6.07) is 10.3. The zero-order valence-corrected chi connectivity index (χ0v) is 9.45. The molecule has 1 rings (SSSR count). The summed E-state index contributed by atoms with van der Waals surface area (Å²) in [4.78, 5) is 0. The molecule has 0 spiro atoms. The van der Waals surface area contributed by atoms with Gasteiger partial charge in [0.25, 0.3) is 0 Å². The number of aliphatic hydroxyl groups is 1. The summed E-state index contributed by atoms with van der Waals surface area (Å²) >= 11 is 0. The second kappa shape index (κ2) is 7.24. The van der Waals surface area contributed by atoms with Crippen molar-refractivity contribution in [2.45, 2.75) is 32.6 Å². The molecule has 1 heteroatoms. The van der Waals surface area contributed by atoms with Crippen LogP contribution in [0, 0.1) is 0 Å². The molecule has 0 fully saturated rings. The Morgan fingerprint density at radius 1 is 1.27 bits per heavy atom. The van der Waals surface area contributed by atoms with Crippen LogP contribution < -0.4 is 0 Å². The fourth-order valence-corrected chi connectivity index (χ4v) is 1.62. The van der Waals surface area contributed by atoms with Crippen molar-refractivity contribution in [1.29, 1.82) is 0 Å². The van der Waals surface area contributed by atoms with E-state index in [4.69, 9.17) is 5.11 Å². The minimum absolute atomic E-state index is 0.229. The van der Waals surface area contributed by atoms with Gasteiger partial charge >= 0.3 is 0 Å². The van der Waals surface area contributed by atoms with E-state index in [1.54, 1.807) is 0 Å². The van der Waals surface area contributed by atoms with Gasteiger partial charge in [-0.1, -0.05) is 56.2 Å². The van der Waals surface area contributed by atoms with E-state index in [0.29, 0.717) is 0 Å². The molecule has 0 unspecified atom stereocenters. The lowest BCUT2D eigenvalue weighted by Crippen LogP contribution is -1.89. The number of rotatable bonds is 6. The van der Waals surface area contributed by atoms with Gasteiger partial charge in [-0.25, -0.2) is 0 Å². The molecule has 0 atom stereocenters. The van der Waals surface area contributed by atoms with E-state index < -0.39 is 0 Å². The van der Waals surface area contributed by atoms with Crippen molar-refractivity contribution in [3.8, 4) is 0 Å². The Bertz CT molecular complexity index is 287. The van der Waals surface area contributed by atoms with Gasteiger partial charge in [0.1, 0.15) is 0 Å². The number of allylic oxidation sites excluding steroid dienone is 1. The van der Waals surface area contributed by atoms with Gasteiger partial charge < -0.3 is 5.11 Å². The topological polar surface area (TPSA) is 20.2 Å². The van der Waals surface area contributed by atoms with Gasteiger partial charge in [-0.3, -0.25) is 0 Å². The number of aliphatic hydroxyl groups excluding tert-OH is 1. The van der Waals surface area contributed by atoms with E-state index in [0.717, 1.165) is 12.8 Å². The molecule has 0 amide bonds. The lowest BCUT2D eigenvalue weighted by Gasteiger charge is -2.06. The maximum Gasteiger partial charge on any atom is 0.0471 e. The van der Waals surface area contributed by atoms with Crippen LogP contribution in [0.15, 0.2) is 36.4 Å². The van der Waals surface area contributed by atoms with Gasteiger partial charge in [0.2, 0.25) is 0 Å². The molecule has 0 aliphatic rings. The predicted molar refractivity (Wildman–Crippen MR) is 65.6 cm³/mol. The second-order valence-electron chi connectivity index (χ2n) is 3.71. The molecule has 82 valence electrons. The van der Waals surface area contributed by atoms with E-state index in [1.807, 2.05) is 18.2 Å². The highest BCUT2D eigenvalue weighted by atomic mass is 16.2. The van der Waals surface area contributed by atoms with Crippen molar-refractivity contribution in [2.24, 2.45) is 0 Å². The standard InChI is InChI=1S/C14H20O/c1-2-3-5-8-14(11-12-15)13-9-6-4-7-10-13/h4,6-10,15H,2-3,5,11-12H2,1H3/b14-8+. The fourth-order valence-electron chi connectivity index (χ4n) is 1.62.